The number of rotatable bonds is 6. The Morgan fingerprint density at radius 2 is 1.60 bits per heavy atom. The number of halogens is 3. The van der Waals surface area contributed by atoms with Crippen LogP contribution < -0.4 is 0 Å². The van der Waals surface area contributed by atoms with Gasteiger partial charge in [-0.1, -0.05) is 59.3 Å². The van der Waals surface area contributed by atoms with Gasteiger partial charge in [-0.2, -0.15) is 0 Å². The van der Waals surface area contributed by atoms with E-state index in [9.17, 15) is 13.6 Å². The number of fused-ring (bicyclic) bond motifs is 1. The fraction of sp³-hybridized carbons (Fsp3) is 0.343. The molecule has 0 saturated carbocycles. The molecule has 0 radical (unpaired) electrons. The summed E-state index contributed by atoms with van der Waals surface area (Å²) in [6.45, 7) is 13.1. The maximum Gasteiger partial charge on any atom is 0.255 e. The van der Waals surface area contributed by atoms with Crippen molar-refractivity contribution in [3.63, 3.8) is 0 Å². The lowest BCUT2D eigenvalue weighted by Gasteiger charge is -2.38. The number of hydrogen-bond acceptors (Lipinski definition) is 1. The normalized spacial score (nSPS) is 13.3. The molecule has 0 saturated heterocycles. The van der Waals surface area contributed by atoms with Crippen LogP contribution in [0.15, 0.2) is 48.8 Å². The van der Waals surface area contributed by atoms with Gasteiger partial charge in [-0.25, -0.2) is 13.2 Å². The summed E-state index contributed by atoms with van der Waals surface area (Å²) in [5.74, 6) is 12.1. The SMILES string of the molecule is CC(C)[Si](C#Cc1cc(F)c2c(c1)C(=O)N(C(CC#CC#Cc1cc[nH]c1)c1cc(F)ccc1F)C2)(C(C)C)C(C)C. The van der Waals surface area contributed by atoms with Crippen molar-refractivity contribution >= 4 is 14.0 Å². The first-order chi connectivity index (χ1) is 20.0. The van der Waals surface area contributed by atoms with Crippen molar-refractivity contribution in [2.45, 2.75) is 77.2 Å². The van der Waals surface area contributed by atoms with E-state index in [4.69, 9.17) is 0 Å². The molecule has 1 atom stereocenters. The summed E-state index contributed by atoms with van der Waals surface area (Å²) in [5.41, 5.74) is 6.35. The summed E-state index contributed by atoms with van der Waals surface area (Å²) in [5, 5.41) is 0. The summed E-state index contributed by atoms with van der Waals surface area (Å²) in [7, 11) is -2.08. The molecule has 216 valence electrons. The van der Waals surface area contributed by atoms with Gasteiger partial charge in [0.15, 0.2) is 0 Å². The van der Waals surface area contributed by atoms with E-state index in [0.717, 1.165) is 23.8 Å². The van der Waals surface area contributed by atoms with E-state index in [-0.39, 0.29) is 29.7 Å². The van der Waals surface area contributed by atoms with Gasteiger partial charge in [0.2, 0.25) is 0 Å². The van der Waals surface area contributed by atoms with Gasteiger partial charge in [-0.05, 0) is 64.9 Å². The highest BCUT2D eigenvalue weighted by molar-refractivity contribution is 6.90. The summed E-state index contributed by atoms with van der Waals surface area (Å²) < 4.78 is 44.7. The molecule has 1 aromatic heterocycles. The van der Waals surface area contributed by atoms with E-state index in [2.05, 4.69) is 81.7 Å². The van der Waals surface area contributed by atoms with Crippen LogP contribution in [0.4, 0.5) is 13.2 Å². The van der Waals surface area contributed by atoms with Crippen molar-refractivity contribution in [1.29, 1.82) is 0 Å². The highest BCUT2D eigenvalue weighted by atomic mass is 28.3. The third kappa shape index (κ3) is 6.20. The first-order valence-electron chi connectivity index (χ1n) is 14.2. The molecule has 7 heteroatoms. The number of amides is 1. The molecule has 0 spiro atoms. The smallest absolute Gasteiger partial charge is 0.255 e. The summed E-state index contributed by atoms with van der Waals surface area (Å²) in [6, 6.07) is 6.95. The Bertz CT molecular complexity index is 1640. The molecule has 1 aliphatic rings. The molecule has 1 N–H and O–H groups in total. The average molecular weight is 585 g/mol. The minimum absolute atomic E-state index is 0.0124. The van der Waals surface area contributed by atoms with Crippen molar-refractivity contribution in [2.24, 2.45) is 0 Å². The molecule has 2 heterocycles. The molecule has 2 aromatic carbocycles. The predicted octanol–water partition coefficient (Wildman–Crippen LogP) is 8.14. The van der Waals surface area contributed by atoms with E-state index in [1.54, 1.807) is 24.5 Å². The lowest BCUT2D eigenvalue weighted by atomic mass is 10.0. The lowest BCUT2D eigenvalue weighted by Crippen LogP contribution is -2.43. The molecule has 0 bridgehead atoms. The predicted molar refractivity (Wildman–Crippen MR) is 163 cm³/mol. The van der Waals surface area contributed by atoms with Gasteiger partial charge < -0.3 is 9.88 Å². The van der Waals surface area contributed by atoms with Crippen LogP contribution in [0.5, 0.6) is 0 Å². The van der Waals surface area contributed by atoms with Crippen LogP contribution in [-0.4, -0.2) is 23.9 Å². The van der Waals surface area contributed by atoms with E-state index < -0.39 is 37.5 Å². The number of carbonyl (C=O) groups excluding carboxylic acids is 1. The molecule has 3 nitrogen and oxygen atoms in total. The number of hydrogen-bond donors (Lipinski definition) is 1. The standard InChI is InChI=1S/C35H35F3N2OSi/c1-23(2)42(24(3)4,25(5)6)17-15-27-18-29-31(33(38)19-27)22-40(35(29)41)34(30-20-28(36)12-13-32(30)37)11-9-7-8-10-26-14-16-39-21-26/h12-14,16,18-21,23-25,34,39H,11,22H2,1-6H3. The molecule has 4 rings (SSSR count). The molecule has 3 aromatic rings. The van der Waals surface area contributed by atoms with Crippen LogP contribution >= 0.6 is 0 Å². The number of H-pyrrole nitrogens is 1. The van der Waals surface area contributed by atoms with Crippen molar-refractivity contribution in [3.8, 4) is 35.1 Å². The Labute approximate surface area is 247 Å². The van der Waals surface area contributed by atoms with Crippen LogP contribution in [0, 0.1) is 52.6 Å². The minimum Gasteiger partial charge on any atom is -0.367 e. The Kier molecular flexibility index (Phi) is 9.40. The number of aromatic amines is 1. The van der Waals surface area contributed by atoms with Gasteiger partial charge in [0.05, 0.1) is 12.6 Å². The number of nitrogens with one attached hydrogen (secondary N) is 1. The van der Waals surface area contributed by atoms with E-state index >= 15 is 4.39 Å². The molecule has 1 unspecified atom stereocenters. The zero-order valence-corrected chi connectivity index (χ0v) is 25.8. The summed E-state index contributed by atoms with van der Waals surface area (Å²) >= 11 is 0. The van der Waals surface area contributed by atoms with Gasteiger partial charge >= 0.3 is 0 Å². The van der Waals surface area contributed by atoms with Crippen LogP contribution in [0.25, 0.3) is 0 Å². The van der Waals surface area contributed by atoms with Crippen molar-refractivity contribution in [2.75, 3.05) is 0 Å². The second kappa shape index (κ2) is 12.8. The largest absolute Gasteiger partial charge is 0.367 e. The highest BCUT2D eigenvalue weighted by Crippen LogP contribution is 2.41. The summed E-state index contributed by atoms with van der Waals surface area (Å²) in [6.07, 6.45) is 3.45. The van der Waals surface area contributed by atoms with Gasteiger partial charge in [0.1, 0.15) is 25.5 Å². The Morgan fingerprint density at radius 3 is 2.24 bits per heavy atom. The van der Waals surface area contributed by atoms with Crippen LogP contribution in [0.2, 0.25) is 16.6 Å². The molecule has 42 heavy (non-hydrogen) atoms. The van der Waals surface area contributed by atoms with Crippen molar-refractivity contribution in [1.82, 2.24) is 9.88 Å². The zero-order valence-electron chi connectivity index (χ0n) is 24.8. The Hall–Kier alpha value is -4.12. The number of aromatic nitrogens is 1. The monoisotopic (exact) mass is 584 g/mol. The highest BCUT2D eigenvalue weighted by Gasteiger charge is 2.42. The van der Waals surface area contributed by atoms with Crippen molar-refractivity contribution in [3.05, 3.63) is 94.1 Å². The van der Waals surface area contributed by atoms with Gasteiger partial charge in [-0.15, -0.1) is 5.54 Å². The topological polar surface area (TPSA) is 36.1 Å². The number of carbonyl (C=O) groups is 1. The molecule has 1 amide bonds. The maximum absolute atomic E-state index is 15.5. The molecular weight excluding hydrogens is 549 g/mol. The Balaban J connectivity index is 1.70. The molecule has 0 aliphatic carbocycles. The minimum atomic E-state index is -2.08. The average Bonchev–Trinajstić information content (AvgIpc) is 3.56. The van der Waals surface area contributed by atoms with Gasteiger partial charge in [0.25, 0.3) is 5.91 Å². The third-order valence-electron chi connectivity index (χ3n) is 8.25. The van der Waals surface area contributed by atoms with Crippen LogP contribution in [-0.2, 0) is 6.54 Å². The van der Waals surface area contributed by atoms with Crippen LogP contribution in [0.1, 0.15) is 86.6 Å². The zero-order chi connectivity index (χ0) is 30.6. The van der Waals surface area contributed by atoms with Gasteiger partial charge in [-0.3, -0.25) is 4.79 Å². The van der Waals surface area contributed by atoms with E-state index in [1.807, 2.05) is 0 Å². The fourth-order valence-electron chi connectivity index (χ4n) is 6.18. The molecule has 0 fully saturated rings. The summed E-state index contributed by atoms with van der Waals surface area (Å²) in [4.78, 5) is 18.0. The van der Waals surface area contributed by atoms with Crippen LogP contribution in [0.3, 0.4) is 0 Å². The lowest BCUT2D eigenvalue weighted by molar-refractivity contribution is 0.0700. The quantitative estimate of drug-likeness (QED) is 0.230. The Morgan fingerprint density at radius 1 is 0.881 bits per heavy atom. The van der Waals surface area contributed by atoms with E-state index in [1.165, 1.54) is 11.0 Å². The first kappa shape index (κ1) is 30.8. The number of benzene rings is 2. The molecule has 1 aliphatic heterocycles. The van der Waals surface area contributed by atoms with E-state index in [0.29, 0.717) is 22.2 Å². The maximum atomic E-state index is 15.5. The third-order valence-corrected chi connectivity index (χ3v) is 14.5. The fourth-order valence-corrected chi connectivity index (χ4v) is 11.4. The van der Waals surface area contributed by atoms with Crippen molar-refractivity contribution < 1.29 is 18.0 Å². The van der Waals surface area contributed by atoms with Gasteiger partial charge in [0, 0.05) is 46.6 Å². The molecular formula is C35H35F3N2OSi. The first-order valence-corrected chi connectivity index (χ1v) is 16.4. The second-order valence-corrected chi connectivity index (χ2v) is 17.2. The second-order valence-electron chi connectivity index (χ2n) is 11.6. The number of nitrogens with zero attached hydrogens (tertiary/aromatic N) is 1.